The van der Waals surface area contributed by atoms with Crippen LogP contribution in [0, 0.1) is 0 Å². The highest BCUT2D eigenvalue weighted by molar-refractivity contribution is 7.92. The highest BCUT2D eigenvalue weighted by Crippen LogP contribution is 2.38. The molecule has 0 aromatic heterocycles. The lowest BCUT2D eigenvalue weighted by molar-refractivity contribution is 0.498. The fourth-order valence-electron chi connectivity index (χ4n) is 3.15. The molecule has 2 aromatic rings. The molecule has 21 heavy (non-hydrogen) atoms. The van der Waals surface area contributed by atoms with Crippen LogP contribution >= 0.6 is 0 Å². The van der Waals surface area contributed by atoms with Crippen molar-refractivity contribution in [2.45, 2.75) is 37.5 Å². The van der Waals surface area contributed by atoms with Crippen LogP contribution in [0.5, 0.6) is 0 Å². The fraction of sp³-hybridized carbons (Fsp3) is 0.412. The zero-order chi connectivity index (χ0) is 15.4. The van der Waals surface area contributed by atoms with Crippen molar-refractivity contribution >= 4 is 20.6 Å². The summed E-state index contributed by atoms with van der Waals surface area (Å²) in [6.45, 7) is 3.41. The van der Waals surface area contributed by atoms with Crippen molar-refractivity contribution in [2.75, 3.05) is 6.26 Å². The molecule has 2 N–H and O–H groups in total. The average Bonchev–Trinajstić information content (AvgIpc) is 2.83. The van der Waals surface area contributed by atoms with Gasteiger partial charge in [0.25, 0.3) is 0 Å². The maximum absolute atomic E-state index is 12.1. The van der Waals surface area contributed by atoms with Gasteiger partial charge in [-0.2, -0.15) is 0 Å². The van der Waals surface area contributed by atoms with E-state index < -0.39 is 20.6 Å². The molecule has 3 rings (SSSR count). The normalized spacial score (nSPS) is 16.4. The largest absolute Gasteiger partial charge is 0.323 e. The molecule has 0 bridgehead atoms. The summed E-state index contributed by atoms with van der Waals surface area (Å²) in [5.74, 6) is 0. The van der Waals surface area contributed by atoms with Crippen molar-refractivity contribution in [1.29, 1.82) is 0 Å². The predicted molar refractivity (Wildman–Crippen MR) is 87.2 cm³/mol. The van der Waals surface area contributed by atoms with Crippen molar-refractivity contribution in [3.63, 3.8) is 0 Å². The van der Waals surface area contributed by atoms with E-state index in [0.29, 0.717) is 0 Å². The van der Waals surface area contributed by atoms with Gasteiger partial charge in [-0.15, -0.1) is 0 Å². The number of hydrogen-bond donors (Lipinski definition) is 1. The predicted octanol–water partition coefficient (Wildman–Crippen LogP) is 2.76. The SMILES string of the molecule is CC(C)(C(N)c1ccc2c3c(cccc13)CC2)S(C)(=O)=O. The van der Waals surface area contributed by atoms with Gasteiger partial charge in [-0.25, -0.2) is 8.42 Å². The lowest BCUT2D eigenvalue weighted by Crippen LogP contribution is -2.42. The summed E-state index contributed by atoms with van der Waals surface area (Å²) in [7, 11) is -3.25. The van der Waals surface area contributed by atoms with Crippen molar-refractivity contribution in [1.82, 2.24) is 0 Å². The Hall–Kier alpha value is -1.39. The van der Waals surface area contributed by atoms with Gasteiger partial charge < -0.3 is 5.73 Å². The molecule has 0 saturated carbocycles. The highest BCUT2D eigenvalue weighted by atomic mass is 32.2. The van der Waals surface area contributed by atoms with Crippen LogP contribution in [-0.2, 0) is 22.7 Å². The third-order valence-electron chi connectivity index (χ3n) is 4.95. The molecule has 4 heteroatoms. The second-order valence-electron chi connectivity index (χ2n) is 6.51. The van der Waals surface area contributed by atoms with Gasteiger partial charge in [-0.3, -0.25) is 0 Å². The lowest BCUT2D eigenvalue weighted by atomic mass is 9.90. The quantitative estimate of drug-likeness (QED) is 0.948. The van der Waals surface area contributed by atoms with Crippen molar-refractivity contribution < 1.29 is 8.42 Å². The number of benzene rings is 2. The second kappa shape index (κ2) is 4.55. The first kappa shape index (κ1) is 14.5. The van der Waals surface area contributed by atoms with E-state index >= 15 is 0 Å². The van der Waals surface area contributed by atoms with E-state index in [1.165, 1.54) is 22.8 Å². The van der Waals surface area contributed by atoms with Gasteiger partial charge in [0, 0.05) is 12.3 Å². The molecule has 1 aliphatic rings. The summed E-state index contributed by atoms with van der Waals surface area (Å²) in [5.41, 5.74) is 9.97. The van der Waals surface area contributed by atoms with Crippen molar-refractivity contribution in [3.05, 3.63) is 47.0 Å². The smallest absolute Gasteiger partial charge is 0.154 e. The number of nitrogens with two attached hydrogens (primary N) is 1. The third kappa shape index (κ3) is 2.09. The number of aryl methyl sites for hydroxylation is 2. The Bertz CT molecular complexity index is 812. The van der Waals surface area contributed by atoms with Gasteiger partial charge in [0.15, 0.2) is 9.84 Å². The van der Waals surface area contributed by atoms with Crippen LogP contribution in [0.3, 0.4) is 0 Å². The van der Waals surface area contributed by atoms with E-state index in [-0.39, 0.29) is 0 Å². The molecule has 0 spiro atoms. The molecule has 0 radical (unpaired) electrons. The van der Waals surface area contributed by atoms with Crippen LogP contribution in [-0.4, -0.2) is 19.4 Å². The van der Waals surface area contributed by atoms with E-state index in [0.717, 1.165) is 23.8 Å². The first-order chi connectivity index (χ1) is 9.73. The monoisotopic (exact) mass is 303 g/mol. The molecule has 1 aliphatic carbocycles. The summed E-state index contributed by atoms with van der Waals surface area (Å²) in [4.78, 5) is 0. The number of rotatable bonds is 3. The van der Waals surface area contributed by atoms with E-state index in [1.807, 2.05) is 12.1 Å². The second-order valence-corrected chi connectivity index (χ2v) is 9.10. The van der Waals surface area contributed by atoms with Gasteiger partial charge >= 0.3 is 0 Å². The topological polar surface area (TPSA) is 60.2 Å². The molecule has 2 aromatic carbocycles. The summed E-state index contributed by atoms with van der Waals surface area (Å²) >= 11 is 0. The lowest BCUT2D eigenvalue weighted by Gasteiger charge is -2.31. The summed E-state index contributed by atoms with van der Waals surface area (Å²) in [5, 5.41) is 2.38. The molecule has 0 fully saturated rings. The van der Waals surface area contributed by atoms with Crippen LogP contribution in [0.4, 0.5) is 0 Å². The molecule has 1 atom stereocenters. The molecule has 112 valence electrons. The van der Waals surface area contributed by atoms with Crippen LogP contribution in [0.15, 0.2) is 30.3 Å². The van der Waals surface area contributed by atoms with Crippen LogP contribution in [0.1, 0.15) is 36.6 Å². The Morgan fingerprint density at radius 2 is 1.71 bits per heavy atom. The van der Waals surface area contributed by atoms with Crippen LogP contribution < -0.4 is 5.73 Å². The summed E-state index contributed by atoms with van der Waals surface area (Å²) in [6.07, 6.45) is 3.37. The molecular formula is C17H21NO2S. The van der Waals surface area contributed by atoms with Gasteiger partial charge in [-0.1, -0.05) is 30.3 Å². The molecule has 0 amide bonds. The van der Waals surface area contributed by atoms with Crippen molar-refractivity contribution in [2.24, 2.45) is 5.73 Å². The number of sulfone groups is 1. The Balaban J connectivity index is 2.24. The highest BCUT2D eigenvalue weighted by Gasteiger charge is 2.38. The first-order valence-corrected chi connectivity index (χ1v) is 9.11. The fourth-order valence-corrected chi connectivity index (χ4v) is 3.73. The van der Waals surface area contributed by atoms with Gasteiger partial charge in [0.1, 0.15) is 0 Å². The van der Waals surface area contributed by atoms with E-state index in [9.17, 15) is 8.42 Å². The van der Waals surface area contributed by atoms with E-state index in [2.05, 4.69) is 18.2 Å². The molecule has 3 nitrogen and oxygen atoms in total. The standard InChI is InChI=1S/C17H21NO2S/c1-17(2,21(3,19)20)16(18)14-10-9-12-8-7-11-5-4-6-13(14)15(11)12/h4-6,9-10,16H,7-8,18H2,1-3H3. The number of hydrogen-bond acceptors (Lipinski definition) is 3. The van der Waals surface area contributed by atoms with E-state index in [1.54, 1.807) is 13.8 Å². The minimum Gasteiger partial charge on any atom is -0.323 e. The first-order valence-electron chi connectivity index (χ1n) is 7.22. The summed E-state index contributed by atoms with van der Waals surface area (Å²) < 4.78 is 23.1. The Labute approximate surface area is 126 Å². The van der Waals surface area contributed by atoms with Gasteiger partial charge in [-0.05, 0) is 54.2 Å². The minimum absolute atomic E-state index is 0.544. The van der Waals surface area contributed by atoms with Crippen molar-refractivity contribution in [3.8, 4) is 0 Å². The maximum atomic E-state index is 12.1. The molecular weight excluding hydrogens is 282 g/mol. The molecule has 0 heterocycles. The maximum Gasteiger partial charge on any atom is 0.154 e. The van der Waals surface area contributed by atoms with Crippen LogP contribution in [0.2, 0.25) is 0 Å². The Morgan fingerprint density at radius 3 is 2.33 bits per heavy atom. The molecule has 0 saturated heterocycles. The minimum atomic E-state index is -3.25. The summed E-state index contributed by atoms with van der Waals surface area (Å²) in [6, 6.07) is 9.81. The van der Waals surface area contributed by atoms with Gasteiger partial charge in [0.2, 0.25) is 0 Å². The van der Waals surface area contributed by atoms with Gasteiger partial charge in [0.05, 0.1) is 4.75 Å². The third-order valence-corrected chi connectivity index (χ3v) is 7.12. The van der Waals surface area contributed by atoms with Crippen LogP contribution in [0.25, 0.3) is 10.8 Å². The Kier molecular flexibility index (Phi) is 3.15. The average molecular weight is 303 g/mol. The molecule has 0 aliphatic heterocycles. The molecule has 1 unspecified atom stereocenters. The Morgan fingerprint density at radius 1 is 1.10 bits per heavy atom. The van der Waals surface area contributed by atoms with E-state index in [4.69, 9.17) is 5.73 Å². The zero-order valence-corrected chi connectivity index (χ0v) is 13.5. The zero-order valence-electron chi connectivity index (χ0n) is 12.7.